The lowest BCUT2D eigenvalue weighted by molar-refractivity contribution is 0.405. The number of fused-ring (bicyclic) bond motifs is 3. The van der Waals surface area contributed by atoms with E-state index in [1.54, 1.807) is 17.7 Å². The molecule has 0 aromatic carbocycles. The van der Waals surface area contributed by atoms with E-state index < -0.39 is 0 Å². The van der Waals surface area contributed by atoms with Gasteiger partial charge in [0.2, 0.25) is 0 Å². The van der Waals surface area contributed by atoms with Gasteiger partial charge in [0.05, 0.1) is 10.2 Å². The van der Waals surface area contributed by atoms with Crippen molar-refractivity contribution < 1.29 is 0 Å². The summed E-state index contributed by atoms with van der Waals surface area (Å²) in [7, 11) is 4.17. The topological polar surface area (TPSA) is 53.9 Å². The van der Waals surface area contributed by atoms with E-state index in [2.05, 4.69) is 45.3 Å². The van der Waals surface area contributed by atoms with Gasteiger partial charge in [-0.1, -0.05) is 0 Å². The third kappa shape index (κ3) is 2.57. The first-order valence-corrected chi connectivity index (χ1v) is 7.44. The number of pyridine rings is 1. The fourth-order valence-corrected chi connectivity index (χ4v) is 3.20. The molecule has 0 amide bonds. The number of anilines is 1. The molecule has 3 aromatic heterocycles. The summed E-state index contributed by atoms with van der Waals surface area (Å²) in [4.78, 5) is 16.4. The molecule has 6 heteroatoms. The quantitative estimate of drug-likeness (QED) is 0.731. The van der Waals surface area contributed by atoms with E-state index >= 15 is 0 Å². The Bertz CT molecular complexity index is 722. The Morgan fingerprint density at radius 2 is 2.15 bits per heavy atom. The first-order valence-electron chi connectivity index (χ1n) is 6.62. The number of nitrogens with one attached hydrogen (secondary N) is 1. The molecule has 0 aliphatic carbocycles. The molecule has 0 aliphatic heterocycles. The molecule has 104 valence electrons. The highest BCUT2D eigenvalue weighted by Crippen LogP contribution is 2.34. The number of aromatic nitrogens is 3. The van der Waals surface area contributed by atoms with E-state index in [0.29, 0.717) is 0 Å². The minimum Gasteiger partial charge on any atom is -0.369 e. The predicted molar refractivity (Wildman–Crippen MR) is 84.4 cm³/mol. The molecule has 0 unspecified atom stereocenters. The maximum absolute atomic E-state index is 4.40. The molecule has 0 atom stereocenters. The Kier molecular flexibility index (Phi) is 3.75. The molecule has 1 N–H and O–H groups in total. The lowest BCUT2D eigenvalue weighted by atomic mass is 10.3. The molecule has 3 heterocycles. The molecule has 0 saturated carbocycles. The average molecular weight is 287 g/mol. The van der Waals surface area contributed by atoms with Crippen LogP contribution in [0.2, 0.25) is 0 Å². The molecule has 0 bridgehead atoms. The lowest BCUT2D eigenvalue weighted by Gasteiger charge is -2.10. The highest BCUT2D eigenvalue weighted by molar-refractivity contribution is 7.25. The number of hydrogen-bond donors (Lipinski definition) is 1. The van der Waals surface area contributed by atoms with Gasteiger partial charge in [0.25, 0.3) is 0 Å². The predicted octanol–water partition coefficient (Wildman–Crippen LogP) is 2.60. The monoisotopic (exact) mass is 287 g/mol. The van der Waals surface area contributed by atoms with Crippen molar-refractivity contribution in [3.05, 3.63) is 24.7 Å². The zero-order chi connectivity index (χ0) is 13.9. The third-order valence-electron chi connectivity index (χ3n) is 3.10. The zero-order valence-corrected chi connectivity index (χ0v) is 12.4. The summed E-state index contributed by atoms with van der Waals surface area (Å²) in [6.45, 7) is 1.97. The van der Waals surface area contributed by atoms with E-state index in [4.69, 9.17) is 0 Å². The van der Waals surface area contributed by atoms with Crippen LogP contribution in [0, 0.1) is 0 Å². The van der Waals surface area contributed by atoms with Crippen LogP contribution in [-0.2, 0) is 0 Å². The lowest BCUT2D eigenvalue weighted by Crippen LogP contribution is -2.16. The third-order valence-corrected chi connectivity index (χ3v) is 4.21. The second-order valence-corrected chi connectivity index (χ2v) is 5.94. The van der Waals surface area contributed by atoms with Crippen LogP contribution in [0.15, 0.2) is 24.7 Å². The van der Waals surface area contributed by atoms with Gasteiger partial charge in [-0.15, -0.1) is 11.3 Å². The van der Waals surface area contributed by atoms with Gasteiger partial charge in [-0.2, -0.15) is 0 Å². The summed E-state index contributed by atoms with van der Waals surface area (Å²) in [5.74, 6) is 0.914. The van der Waals surface area contributed by atoms with Gasteiger partial charge in [0.15, 0.2) is 0 Å². The van der Waals surface area contributed by atoms with Gasteiger partial charge in [-0.05, 0) is 39.2 Å². The molecule has 5 nitrogen and oxygen atoms in total. The van der Waals surface area contributed by atoms with Crippen LogP contribution in [0.4, 0.5) is 5.82 Å². The van der Waals surface area contributed by atoms with E-state index in [0.717, 1.165) is 45.8 Å². The van der Waals surface area contributed by atoms with Crippen LogP contribution in [0.25, 0.3) is 20.4 Å². The molecule has 0 spiro atoms. The number of rotatable bonds is 5. The summed E-state index contributed by atoms with van der Waals surface area (Å²) >= 11 is 1.64. The second-order valence-electron chi connectivity index (χ2n) is 4.94. The zero-order valence-electron chi connectivity index (χ0n) is 11.6. The largest absolute Gasteiger partial charge is 0.369 e. The summed E-state index contributed by atoms with van der Waals surface area (Å²) < 4.78 is 1.09. The summed E-state index contributed by atoms with van der Waals surface area (Å²) in [6, 6.07) is 4.00. The van der Waals surface area contributed by atoms with Gasteiger partial charge in [-0.25, -0.2) is 15.0 Å². The maximum atomic E-state index is 4.40. The van der Waals surface area contributed by atoms with Crippen molar-refractivity contribution >= 4 is 37.6 Å². The Balaban J connectivity index is 1.87. The highest BCUT2D eigenvalue weighted by Gasteiger charge is 2.11. The molecule has 20 heavy (non-hydrogen) atoms. The Hall–Kier alpha value is -1.79. The van der Waals surface area contributed by atoms with Gasteiger partial charge < -0.3 is 10.2 Å². The van der Waals surface area contributed by atoms with Crippen molar-refractivity contribution in [1.82, 2.24) is 19.9 Å². The fraction of sp³-hybridized carbons (Fsp3) is 0.357. The maximum Gasteiger partial charge on any atom is 0.147 e. The SMILES string of the molecule is CN(C)CCCNc1ncnc2c1sc1ncccc12. The van der Waals surface area contributed by atoms with Crippen LogP contribution >= 0.6 is 11.3 Å². The first kappa shape index (κ1) is 13.2. The first-order chi connectivity index (χ1) is 9.75. The smallest absolute Gasteiger partial charge is 0.147 e. The molecule has 3 aromatic rings. The van der Waals surface area contributed by atoms with Crippen molar-refractivity contribution in [1.29, 1.82) is 0 Å². The van der Waals surface area contributed by atoms with Crippen LogP contribution in [0.3, 0.4) is 0 Å². The average Bonchev–Trinajstić information content (AvgIpc) is 2.83. The standard InChI is InChI=1S/C14H17N5S/c1-19(2)8-4-7-15-13-12-11(17-9-18-13)10-5-3-6-16-14(10)20-12/h3,5-6,9H,4,7-8H2,1-2H3,(H,15,17,18). The Labute approximate surface area is 121 Å². The minimum atomic E-state index is 0.909. The van der Waals surface area contributed by atoms with Crippen LogP contribution in [-0.4, -0.2) is 47.0 Å². The van der Waals surface area contributed by atoms with Crippen molar-refractivity contribution in [3.8, 4) is 0 Å². The van der Waals surface area contributed by atoms with Gasteiger partial charge in [-0.3, -0.25) is 0 Å². The van der Waals surface area contributed by atoms with E-state index in [1.807, 2.05) is 12.3 Å². The molecule has 0 fully saturated rings. The number of thiophene rings is 1. The second kappa shape index (κ2) is 5.68. The van der Waals surface area contributed by atoms with Crippen molar-refractivity contribution in [2.45, 2.75) is 6.42 Å². The molecular formula is C14H17N5S. The molecule has 0 radical (unpaired) electrons. The number of hydrogen-bond acceptors (Lipinski definition) is 6. The summed E-state index contributed by atoms with van der Waals surface area (Å²) in [6.07, 6.45) is 4.52. The fourth-order valence-electron chi connectivity index (χ4n) is 2.14. The van der Waals surface area contributed by atoms with Crippen molar-refractivity contribution in [3.63, 3.8) is 0 Å². The summed E-state index contributed by atoms with van der Waals surface area (Å²) in [5, 5.41) is 4.51. The van der Waals surface area contributed by atoms with Crippen molar-refractivity contribution in [2.75, 3.05) is 32.5 Å². The van der Waals surface area contributed by atoms with Gasteiger partial charge >= 0.3 is 0 Å². The number of nitrogens with zero attached hydrogens (tertiary/aromatic N) is 4. The van der Waals surface area contributed by atoms with Crippen LogP contribution in [0.5, 0.6) is 0 Å². The van der Waals surface area contributed by atoms with Gasteiger partial charge in [0.1, 0.15) is 17.0 Å². The molecule has 3 rings (SSSR count). The minimum absolute atomic E-state index is 0.909. The van der Waals surface area contributed by atoms with Crippen LogP contribution < -0.4 is 5.32 Å². The van der Waals surface area contributed by atoms with Crippen LogP contribution in [0.1, 0.15) is 6.42 Å². The summed E-state index contributed by atoms with van der Waals surface area (Å²) in [5.41, 5.74) is 0.989. The molecular weight excluding hydrogens is 270 g/mol. The van der Waals surface area contributed by atoms with Crippen molar-refractivity contribution in [2.24, 2.45) is 0 Å². The Morgan fingerprint density at radius 3 is 3.00 bits per heavy atom. The highest BCUT2D eigenvalue weighted by atomic mass is 32.1. The van der Waals surface area contributed by atoms with E-state index in [-0.39, 0.29) is 0 Å². The normalized spacial score (nSPS) is 11.6. The molecule has 0 aliphatic rings. The van der Waals surface area contributed by atoms with E-state index in [1.165, 1.54) is 0 Å². The molecule has 0 saturated heterocycles. The van der Waals surface area contributed by atoms with E-state index in [9.17, 15) is 0 Å². The Morgan fingerprint density at radius 1 is 1.25 bits per heavy atom. The van der Waals surface area contributed by atoms with Gasteiger partial charge in [0, 0.05) is 18.1 Å².